The number of urea groups is 1. The molecule has 2 aromatic rings. The Kier molecular flexibility index (Phi) is 6.67. The van der Waals surface area contributed by atoms with E-state index in [0.717, 1.165) is 51.6 Å². The van der Waals surface area contributed by atoms with E-state index >= 15 is 0 Å². The first kappa shape index (κ1) is 25.4. The van der Waals surface area contributed by atoms with Crippen LogP contribution in [0.25, 0.3) is 0 Å². The number of piperidine rings is 1. The first-order chi connectivity index (χ1) is 18.4. The van der Waals surface area contributed by atoms with Crippen LogP contribution in [0.5, 0.6) is 0 Å². The second-order valence-electron chi connectivity index (χ2n) is 12.2. The van der Waals surface area contributed by atoms with Crippen LogP contribution in [0.3, 0.4) is 0 Å². The molecular formula is C31H41N5O2. The van der Waals surface area contributed by atoms with Crippen molar-refractivity contribution < 1.29 is 9.59 Å². The number of nitrogens with zero attached hydrogens (tertiary/aromatic N) is 5. The molecule has 7 heteroatoms. The van der Waals surface area contributed by atoms with Crippen molar-refractivity contribution >= 4 is 11.9 Å². The Morgan fingerprint density at radius 1 is 0.947 bits per heavy atom. The minimum Gasteiger partial charge on any atom is -0.338 e. The van der Waals surface area contributed by atoms with Crippen molar-refractivity contribution in [2.24, 2.45) is 5.92 Å². The van der Waals surface area contributed by atoms with Crippen LogP contribution in [0.1, 0.15) is 67.3 Å². The lowest BCUT2D eigenvalue weighted by Crippen LogP contribution is -2.55. The summed E-state index contributed by atoms with van der Waals surface area (Å²) in [6, 6.07) is 15.0. The van der Waals surface area contributed by atoms with E-state index in [0.29, 0.717) is 24.6 Å². The lowest BCUT2D eigenvalue weighted by molar-refractivity contribution is 0.0221. The molecule has 2 aliphatic heterocycles. The molecular weight excluding hydrogens is 474 g/mol. The van der Waals surface area contributed by atoms with Crippen LogP contribution in [0.2, 0.25) is 0 Å². The Balaban J connectivity index is 1.17. The number of amides is 3. The quantitative estimate of drug-likeness (QED) is 0.564. The first-order valence-electron chi connectivity index (χ1n) is 14.4. The Hall–Kier alpha value is -2.93. The third kappa shape index (κ3) is 4.49. The topological polar surface area (TPSA) is 60.0 Å². The van der Waals surface area contributed by atoms with Crippen LogP contribution in [0, 0.1) is 5.92 Å². The molecule has 0 N–H and O–H groups in total. The molecule has 3 heterocycles. The van der Waals surface area contributed by atoms with E-state index in [1.165, 1.54) is 18.4 Å². The lowest BCUT2D eigenvalue weighted by atomic mass is 9.68. The van der Waals surface area contributed by atoms with Crippen LogP contribution in [0.15, 0.2) is 54.9 Å². The summed E-state index contributed by atoms with van der Waals surface area (Å²) >= 11 is 0. The van der Waals surface area contributed by atoms with Gasteiger partial charge in [-0.25, -0.2) is 4.79 Å². The zero-order valence-electron chi connectivity index (χ0n) is 22.9. The molecule has 2 saturated heterocycles. The second-order valence-corrected chi connectivity index (χ2v) is 12.2. The van der Waals surface area contributed by atoms with E-state index in [-0.39, 0.29) is 29.1 Å². The molecule has 1 aromatic carbocycles. The molecule has 1 aromatic heterocycles. The summed E-state index contributed by atoms with van der Waals surface area (Å²) in [6.45, 7) is 3.14. The molecule has 0 unspecified atom stereocenters. The lowest BCUT2D eigenvalue weighted by Gasteiger charge is -2.51. The fraction of sp³-hybridized carbons (Fsp3) is 0.581. The number of likely N-dealkylation sites (tertiary alicyclic amines) is 1. The van der Waals surface area contributed by atoms with E-state index in [4.69, 9.17) is 0 Å². The van der Waals surface area contributed by atoms with Gasteiger partial charge in [0, 0.05) is 55.7 Å². The van der Waals surface area contributed by atoms with Crippen LogP contribution in [-0.4, -0.2) is 88.4 Å². The van der Waals surface area contributed by atoms with Gasteiger partial charge in [0.05, 0.1) is 5.54 Å². The van der Waals surface area contributed by atoms with E-state index in [1.54, 1.807) is 24.5 Å². The fourth-order valence-electron chi connectivity index (χ4n) is 7.30. The highest BCUT2D eigenvalue weighted by molar-refractivity contribution is 5.94. The number of hydrogen-bond donors (Lipinski definition) is 0. The highest BCUT2D eigenvalue weighted by Crippen LogP contribution is 2.50. The van der Waals surface area contributed by atoms with Gasteiger partial charge in [-0.1, -0.05) is 30.3 Å². The Morgan fingerprint density at radius 2 is 1.61 bits per heavy atom. The van der Waals surface area contributed by atoms with E-state index in [2.05, 4.69) is 64.1 Å². The summed E-state index contributed by atoms with van der Waals surface area (Å²) in [5.74, 6) is 0.740. The smallest absolute Gasteiger partial charge is 0.320 e. The summed E-state index contributed by atoms with van der Waals surface area (Å²) in [4.78, 5) is 39.8. The van der Waals surface area contributed by atoms with Crippen molar-refractivity contribution in [2.45, 2.75) is 68.5 Å². The van der Waals surface area contributed by atoms with Crippen LogP contribution < -0.4 is 0 Å². The van der Waals surface area contributed by atoms with Gasteiger partial charge in [0.2, 0.25) is 0 Å². The summed E-state index contributed by atoms with van der Waals surface area (Å²) < 4.78 is 0. The molecule has 0 radical (unpaired) electrons. The van der Waals surface area contributed by atoms with Crippen LogP contribution >= 0.6 is 0 Å². The van der Waals surface area contributed by atoms with Gasteiger partial charge in [-0.05, 0) is 89.1 Å². The van der Waals surface area contributed by atoms with Gasteiger partial charge < -0.3 is 14.7 Å². The van der Waals surface area contributed by atoms with Crippen molar-refractivity contribution in [3.63, 3.8) is 0 Å². The molecule has 7 nitrogen and oxygen atoms in total. The molecule has 202 valence electrons. The highest BCUT2D eigenvalue weighted by atomic mass is 16.2. The van der Waals surface area contributed by atoms with Crippen molar-refractivity contribution in [1.82, 2.24) is 24.6 Å². The van der Waals surface area contributed by atoms with Crippen LogP contribution in [-0.2, 0) is 5.54 Å². The molecule has 4 fully saturated rings. The molecule has 3 amide bonds. The maximum absolute atomic E-state index is 14.0. The average molecular weight is 516 g/mol. The predicted molar refractivity (Wildman–Crippen MR) is 148 cm³/mol. The van der Waals surface area contributed by atoms with Gasteiger partial charge >= 0.3 is 6.03 Å². The summed E-state index contributed by atoms with van der Waals surface area (Å²) in [6.07, 6.45) is 11.7. The molecule has 2 saturated carbocycles. The predicted octanol–water partition coefficient (Wildman–Crippen LogP) is 4.60. The SMILES string of the molecule is CN(C)[C@]1(c2ccccc2)CC[C@@]2(CC1)CN(C1CCN(C(=O)c3ccncc3)CC1)C(=O)N2CC1CC1. The minimum absolute atomic E-state index is 0.0207. The normalized spacial score (nSPS) is 28.5. The summed E-state index contributed by atoms with van der Waals surface area (Å²) in [5, 5.41) is 0. The van der Waals surface area contributed by atoms with Gasteiger partial charge in [0.15, 0.2) is 0 Å². The largest absolute Gasteiger partial charge is 0.338 e. The molecule has 2 aliphatic carbocycles. The standard InChI is InChI=1S/C31H41N5O2/c1-33(2)31(26-6-4-3-5-7-26)16-14-30(15-17-31)23-35(29(38)36(30)22-24-8-9-24)27-12-20-34(21-13-27)28(37)25-10-18-32-19-11-25/h3-7,10-11,18-19,24,27H,8-9,12-17,20-23H2,1-2H3/t30-,31-. The molecule has 0 bridgehead atoms. The summed E-state index contributed by atoms with van der Waals surface area (Å²) in [7, 11) is 4.42. The Morgan fingerprint density at radius 3 is 2.21 bits per heavy atom. The zero-order valence-corrected chi connectivity index (χ0v) is 22.9. The summed E-state index contributed by atoms with van der Waals surface area (Å²) in [5.41, 5.74) is 2.03. The Bertz CT molecular complexity index is 1130. The van der Waals surface area contributed by atoms with Gasteiger partial charge in [0.1, 0.15) is 0 Å². The fourth-order valence-corrected chi connectivity index (χ4v) is 7.30. The van der Waals surface area contributed by atoms with E-state index in [1.807, 2.05) is 4.90 Å². The molecule has 1 spiro atoms. The van der Waals surface area contributed by atoms with Gasteiger partial charge in [0.25, 0.3) is 5.91 Å². The third-order valence-electron chi connectivity index (χ3n) is 9.95. The zero-order chi connectivity index (χ0) is 26.3. The molecule has 38 heavy (non-hydrogen) atoms. The molecule has 0 atom stereocenters. The van der Waals surface area contributed by atoms with Crippen molar-refractivity contribution in [3.05, 3.63) is 66.0 Å². The average Bonchev–Trinajstić information content (AvgIpc) is 3.75. The van der Waals surface area contributed by atoms with Gasteiger partial charge in [-0.2, -0.15) is 0 Å². The first-order valence-corrected chi connectivity index (χ1v) is 14.4. The third-order valence-corrected chi connectivity index (χ3v) is 9.95. The molecule has 6 rings (SSSR count). The highest BCUT2D eigenvalue weighted by Gasteiger charge is 2.56. The van der Waals surface area contributed by atoms with E-state index < -0.39 is 0 Å². The van der Waals surface area contributed by atoms with Crippen molar-refractivity contribution in [1.29, 1.82) is 0 Å². The maximum atomic E-state index is 14.0. The van der Waals surface area contributed by atoms with E-state index in [9.17, 15) is 9.59 Å². The number of hydrogen-bond acceptors (Lipinski definition) is 4. The number of rotatable bonds is 6. The maximum Gasteiger partial charge on any atom is 0.320 e. The Labute approximate surface area is 226 Å². The number of carbonyl (C=O) groups is 2. The van der Waals surface area contributed by atoms with Gasteiger partial charge in [-0.3, -0.25) is 14.7 Å². The number of carbonyl (C=O) groups excluding carboxylic acids is 2. The van der Waals surface area contributed by atoms with Crippen LogP contribution in [0.4, 0.5) is 4.79 Å². The minimum atomic E-state index is -0.0715. The van der Waals surface area contributed by atoms with Crippen molar-refractivity contribution in [3.8, 4) is 0 Å². The number of aromatic nitrogens is 1. The number of benzene rings is 1. The van der Waals surface area contributed by atoms with Gasteiger partial charge in [-0.15, -0.1) is 0 Å². The number of pyridine rings is 1. The second kappa shape index (κ2) is 9.99. The van der Waals surface area contributed by atoms with Crippen molar-refractivity contribution in [2.75, 3.05) is 40.3 Å². The monoisotopic (exact) mass is 515 g/mol. The molecule has 4 aliphatic rings.